The molecule has 11 rings (SSSR count). The molecule has 0 N–H and O–H groups in total. The third-order valence-corrected chi connectivity index (χ3v) is 10.7. The first-order chi connectivity index (χ1) is 26.3. The maximum atomic E-state index is 6.64. The van der Waals surface area contributed by atoms with Gasteiger partial charge >= 0.3 is 0 Å². The van der Waals surface area contributed by atoms with Gasteiger partial charge in [-0.25, -0.2) is 0 Å². The summed E-state index contributed by atoms with van der Waals surface area (Å²) in [6.45, 7) is 0. The smallest absolute Gasteiger partial charge is 0.143 e. The molecule has 0 spiro atoms. The molecule has 9 aromatic carbocycles. The highest BCUT2D eigenvalue weighted by Gasteiger charge is 2.21. The third-order valence-electron chi connectivity index (χ3n) is 10.7. The first kappa shape index (κ1) is 29.6. The Balaban J connectivity index is 1.06. The van der Waals surface area contributed by atoms with E-state index in [0.717, 1.165) is 77.3 Å². The number of para-hydroxylation sites is 1. The normalized spacial score (nSPS) is 11.8. The summed E-state index contributed by atoms with van der Waals surface area (Å²) in [5.41, 5.74) is 11.5. The second-order valence-corrected chi connectivity index (χ2v) is 13.7. The average molecular weight is 678 g/mol. The predicted molar refractivity (Wildman–Crippen MR) is 222 cm³/mol. The first-order valence-corrected chi connectivity index (χ1v) is 18.0. The molecular weight excluding hydrogens is 647 g/mol. The van der Waals surface area contributed by atoms with E-state index in [4.69, 9.17) is 8.83 Å². The maximum absolute atomic E-state index is 6.64. The lowest BCUT2D eigenvalue weighted by Crippen LogP contribution is -2.10. The van der Waals surface area contributed by atoms with Crippen molar-refractivity contribution < 1.29 is 8.83 Å². The molecule has 0 saturated carbocycles. The fourth-order valence-corrected chi connectivity index (χ4v) is 8.12. The molecule has 0 radical (unpaired) electrons. The number of benzene rings is 9. The van der Waals surface area contributed by atoms with Crippen molar-refractivity contribution in [2.45, 2.75) is 0 Å². The molecule has 0 aliphatic rings. The molecule has 0 unspecified atom stereocenters. The molecule has 248 valence electrons. The van der Waals surface area contributed by atoms with Crippen LogP contribution in [0, 0.1) is 0 Å². The van der Waals surface area contributed by atoms with Crippen molar-refractivity contribution in [3.05, 3.63) is 188 Å². The Labute approximate surface area is 305 Å². The Morgan fingerprint density at radius 2 is 0.943 bits per heavy atom. The summed E-state index contributed by atoms with van der Waals surface area (Å²) in [7, 11) is 0. The minimum Gasteiger partial charge on any atom is -0.456 e. The minimum atomic E-state index is 0.858. The number of hydrogen-bond acceptors (Lipinski definition) is 3. The van der Waals surface area contributed by atoms with Crippen LogP contribution in [-0.2, 0) is 0 Å². The topological polar surface area (TPSA) is 29.5 Å². The van der Waals surface area contributed by atoms with Crippen molar-refractivity contribution in [2.75, 3.05) is 4.90 Å². The van der Waals surface area contributed by atoms with E-state index in [1.54, 1.807) is 0 Å². The Kier molecular flexibility index (Phi) is 6.55. The van der Waals surface area contributed by atoms with Gasteiger partial charge in [0, 0.05) is 32.9 Å². The zero-order chi connectivity index (χ0) is 34.9. The third kappa shape index (κ3) is 4.75. The van der Waals surface area contributed by atoms with Crippen LogP contribution in [0.25, 0.3) is 87.7 Å². The zero-order valence-corrected chi connectivity index (χ0v) is 28.7. The highest BCUT2D eigenvalue weighted by atomic mass is 16.3. The Morgan fingerprint density at radius 1 is 0.340 bits per heavy atom. The highest BCUT2D eigenvalue weighted by Crippen LogP contribution is 2.45. The minimum absolute atomic E-state index is 0.858. The zero-order valence-electron chi connectivity index (χ0n) is 28.7. The SMILES string of the molecule is c1ccc2c(-c3ccc(-c4ccc(N(c5ccc6oc7ccccc7c6c5)c5cccc6oc7c8ccccc8ccc7c56)cc4)cc3)cccc2c1. The molecule has 0 atom stereocenters. The van der Waals surface area contributed by atoms with Gasteiger partial charge in [0.1, 0.15) is 22.3 Å². The Hall–Kier alpha value is -7.10. The average Bonchev–Trinajstić information content (AvgIpc) is 3.80. The van der Waals surface area contributed by atoms with E-state index in [2.05, 4.69) is 181 Å². The van der Waals surface area contributed by atoms with Gasteiger partial charge < -0.3 is 13.7 Å². The standard InChI is InChI=1S/C50H31NO2/c1-3-12-39-34(9-1)11-7-15-40(39)36-21-19-32(20-22-36)33-23-26-37(27-24-33)51(38-28-30-47-44(31-38)42-14-5-6-17-46(42)52-47)45-16-8-18-48-49(45)43-29-25-35-10-2-4-13-41(35)50(43)53-48/h1-31H. The molecule has 0 aliphatic carbocycles. The summed E-state index contributed by atoms with van der Waals surface area (Å²) in [5.74, 6) is 0. The van der Waals surface area contributed by atoms with Gasteiger partial charge in [0.05, 0.1) is 11.1 Å². The first-order valence-electron chi connectivity index (χ1n) is 18.0. The van der Waals surface area contributed by atoms with Crippen LogP contribution in [0.5, 0.6) is 0 Å². The van der Waals surface area contributed by atoms with Crippen LogP contribution in [-0.4, -0.2) is 0 Å². The lowest BCUT2D eigenvalue weighted by atomic mass is 9.96. The Morgan fingerprint density at radius 3 is 1.77 bits per heavy atom. The second-order valence-electron chi connectivity index (χ2n) is 13.7. The molecule has 0 aliphatic heterocycles. The van der Waals surface area contributed by atoms with Crippen LogP contribution in [0.3, 0.4) is 0 Å². The number of rotatable bonds is 5. The van der Waals surface area contributed by atoms with Gasteiger partial charge in [0.15, 0.2) is 0 Å². The lowest BCUT2D eigenvalue weighted by molar-refractivity contribution is 0.669. The van der Waals surface area contributed by atoms with E-state index in [-0.39, 0.29) is 0 Å². The van der Waals surface area contributed by atoms with Crippen molar-refractivity contribution in [3.8, 4) is 22.3 Å². The van der Waals surface area contributed by atoms with Gasteiger partial charge in [-0.15, -0.1) is 0 Å². The molecule has 0 saturated heterocycles. The second kappa shape index (κ2) is 11.7. The molecule has 2 heterocycles. The van der Waals surface area contributed by atoms with E-state index in [9.17, 15) is 0 Å². The lowest BCUT2D eigenvalue weighted by Gasteiger charge is -2.26. The van der Waals surface area contributed by atoms with Crippen molar-refractivity contribution >= 4 is 82.5 Å². The number of nitrogens with zero attached hydrogens (tertiary/aromatic N) is 1. The molecule has 53 heavy (non-hydrogen) atoms. The fourth-order valence-electron chi connectivity index (χ4n) is 8.12. The molecule has 3 nitrogen and oxygen atoms in total. The van der Waals surface area contributed by atoms with Crippen LogP contribution in [0.2, 0.25) is 0 Å². The van der Waals surface area contributed by atoms with Gasteiger partial charge in [-0.05, 0) is 93.0 Å². The maximum Gasteiger partial charge on any atom is 0.143 e. The van der Waals surface area contributed by atoms with Crippen molar-refractivity contribution in [1.29, 1.82) is 0 Å². The number of anilines is 3. The summed E-state index contributed by atoms with van der Waals surface area (Å²) in [5, 5.41) is 9.15. The van der Waals surface area contributed by atoms with Crippen molar-refractivity contribution in [3.63, 3.8) is 0 Å². The van der Waals surface area contributed by atoms with E-state index < -0.39 is 0 Å². The van der Waals surface area contributed by atoms with Gasteiger partial charge in [-0.3, -0.25) is 0 Å². The van der Waals surface area contributed by atoms with Crippen LogP contribution in [0.4, 0.5) is 17.1 Å². The summed E-state index contributed by atoms with van der Waals surface area (Å²) in [6, 6.07) is 66.8. The van der Waals surface area contributed by atoms with Crippen molar-refractivity contribution in [2.24, 2.45) is 0 Å². The molecular formula is C50H31NO2. The van der Waals surface area contributed by atoms with Crippen LogP contribution >= 0.6 is 0 Å². The van der Waals surface area contributed by atoms with Gasteiger partial charge in [0.2, 0.25) is 0 Å². The molecule has 0 bridgehead atoms. The quantitative estimate of drug-likeness (QED) is 0.182. The summed E-state index contributed by atoms with van der Waals surface area (Å²) >= 11 is 0. The highest BCUT2D eigenvalue weighted by molar-refractivity contribution is 6.20. The monoisotopic (exact) mass is 677 g/mol. The van der Waals surface area contributed by atoms with Crippen LogP contribution in [0.15, 0.2) is 197 Å². The van der Waals surface area contributed by atoms with Crippen molar-refractivity contribution in [1.82, 2.24) is 0 Å². The summed E-state index contributed by atoms with van der Waals surface area (Å²) in [6.07, 6.45) is 0. The van der Waals surface area contributed by atoms with E-state index >= 15 is 0 Å². The summed E-state index contributed by atoms with van der Waals surface area (Å²) < 4.78 is 12.9. The van der Waals surface area contributed by atoms with Gasteiger partial charge in [-0.1, -0.05) is 133 Å². The molecule has 0 amide bonds. The molecule has 11 aromatic rings. The molecule has 0 fully saturated rings. The molecule has 3 heteroatoms. The van der Waals surface area contributed by atoms with Crippen LogP contribution < -0.4 is 4.90 Å². The number of hydrogen-bond donors (Lipinski definition) is 0. The summed E-state index contributed by atoms with van der Waals surface area (Å²) in [4.78, 5) is 2.35. The van der Waals surface area contributed by atoms with Gasteiger partial charge in [0.25, 0.3) is 0 Å². The Bertz CT molecular complexity index is 3160. The van der Waals surface area contributed by atoms with Gasteiger partial charge in [-0.2, -0.15) is 0 Å². The molecule has 2 aromatic heterocycles. The fraction of sp³-hybridized carbons (Fsp3) is 0. The predicted octanol–water partition coefficient (Wildman–Crippen LogP) is 14.6. The number of fused-ring (bicyclic) bond motifs is 9. The van der Waals surface area contributed by atoms with E-state index in [0.29, 0.717) is 0 Å². The van der Waals surface area contributed by atoms with E-state index in [1.807, 2.05) is 12.1 Å². The van der Waals surface area contributed by atoms with Crippen LogP contribution in [0.1, 0.15) is 0 Å². The van der Waals surface area contributed by atoms with E-state index in [1.165, 1.54) is 27.5 Å². The number of furan rings is 2. The largest absolute Gasteiger partial charge is 0.456 e.